The molecule has 2 amide bonds. The topological polar surface area (TPSA) is 123 Å². The number of fused-ring (bicyclic) bond motifs is 1. The first-order valence-electron chi connectivity index (χ1n) is 8.66. The van der Waals surface area contributed by atoms with Gasteiger partial charge in [0.1, 0.15) is 23.7 Å². The van der Waals surface area contributed by atoms with Crippen molar-refractivity contribution in [1.82, 2.24) is 10.9 Å². The number of aromatic hydroxyl groups is 1. The molecule has 0 aliphatic carbocycles. The summed E-state index contributed by atoms with van der Waals surface area (Å²) in [5, 5.41) is 10.6. The number of amides is 2. The molecule has 0 saturated carbocycles. The lowest BCUT2D eigenvalue weighted by atomic mass is 9.94. The monoisotopic (exact) mass is 392 g/mol. The summed E-state index contributed by atoms with van der Waals surface area (Å²) >= 11 is 0. The molecular weight excluding hydrogens is 368 g/mol. The van der Waals surface area contributed by atoms with Gasteiger partial charge in [-0.2, -0.15) is 0 Å². The van der Waals surface area contributed by atoms with Gasteiger partial charge in [-0.3, -0.25) is 10.2 Å². The lowest BCUT2D eigenvalue weighted by Crippen LogP contribution is -2.41. The number of nitrogens with one attached hydrogen (secondary N) is 2. The highest BCUT2D eigenvalue weighted by molar-refractivity contribution is 5.98. The Morgan fingerprint density at radius 3 is 2.61 bits per heavy atom. The number of ether oxygens (including phenoxy) is 3. The van der Waals surface area contributed by atoms with Gasteiger partial charge in [-0.15, -0.1) is 0 Å². The standard InChI is InChI=1S/C19H24N2O7/c1-10(6-8-14(22)20-21-19(25)27-4)5-7-12-16(23)15-13(9-28-18(15)24)11(2)17(12)26-3/h5,23H,6-9H2,1-4H3,(H,20,22)(H,21,25). The van der Waals surface area contributed by atoms with Crippen LogP contribution in [-0.4, -0.2) is 37.3 Å². The van der Waals surface area contributed by atoms with Crippen LogP contribution in [0.2, 0.25) is 0 Å². The van der Waals surface area contributed by atoms with Crippen molar-refractivity contribution < 1.29 is 33.7 Å². The predicted octanol–water partition coefficient (Wildman–Crippen LogP) is 2.04. The second-order valence-corrected chi connectivity index (χ2v) is 6.33. The summed E-state index contributed by atoms with van der Waals surface area (Å²) in [6.07, 6.45) is 2.03. The van der Waals surface area contributed by atoms with Crippen molar-refractivity contribution in [2.75, 3.05) is 14.2 Å². The summed E-state index contributed by atoms with van der Waals surface area (Å²) in [4.78, 5) is 34.5. The van der Waals surface area contributed by atoms with Crippen molar-refractivity contribution in [3.05, 3.63) is 33.9 Å². The van der Waals surface area contributed by atoms with E-state index in [9.17, 15) is 19.5 Å². The van der Waals surface area contributed by atoms with Crippen LogP contribution in [0.1, 0.15) is 46.8 Å². The van der Waals surface area contributed by atoms with Gasteiger partial charge in [0.15, 0.2) is 0 Å². The van der Waals surface area contributed by atoms with Gasteiger partial charge in [-0.1, -0.05) is 11.6 Å². The Labute approximate surface area is 162 Å². The molecule has 0 spiro atoms. The Kier molecular flexibility index (Phi) is 6.86. The molecule has 9 nitrogen and oxygen atoms in total. The number of methoxy groups -OCH3 is 2. The molecule has 0 saturated heterocycles. The van der Waals surface area contributed by atoms with Crippen LogP contribution in [0.5, 0.6) is 11.5 Å². The lowest BCUT2D eigenvalue weighted by Gasteiger charge is -2.15. The average molecular weight is 392 g/mol. The summed E-state index contributed by atoms with van der Waals surface area (Å²) < 4.78 is 14.8. The molecule has 0 aromatic heterocycles. The largest absolute Gasteiger partial charge is 0.507 e. The van der Waals surface area contributed by atoms with Crippen LogP contribution in [0, 0.1) is 6.92 Å². The maximum atomic E-state index is 11.9. The number of carbonyl (C=O) groups excluding carboxylic acids is 3. The number of hydrazine groups is 1. The lowest BCUT2D eigenvalue weighted by molar-refractivity contribution is -0.121. The predicted molar refractivity (Wildman–Crippen MR) is 98.9 cm³/mol. The van der Waals surface area contributed by atoms with Gasteiger partial charge in [0.2, 0.25) is 5.91 Å². The van der Waals surface area contributed by atoms with E-state index in [0.29, 0.717) is 29.7 Å². The molecule has 0 bridgehead atoms. The summed E-state index contributed by atoms with van der Waals surface area (Å²) in [6.45, 7) is 3.78. The highest BCUT2D eigenvalue weighted by atomic mass is 16.5. The van der Waals surface area contributed by atoms with E-state index in [4.69, 9.17) is 9.47 Å². The van der Waals surface area contributed by atoms with Gasteiger partial charge < -0.3 is 19.3 Å². The smallest absolute Gasteiger partial charge is 0.425 e. The van der Waals surface area contributed by atoms with Crippen molar-refractivity contribution >= 4 is 18.0 Å². The van der Waals surface area contributed by atoms with Crippen LogP contribution in [-0.2, 0) is 27.3 Å². The number of hydrogen-bond donors (Lipinski definition) is 3. The normalized spacial score (nSPS) is 12.9. The molecule has 1 aromatic carbocycles. The van der Waals surface area contributed by atoms with E-state index in [1.807, 2.05) is 19.9 Å². The maximum absolute atomic E-state index is 11.9. The average Bonchev–Trinajstić information content (AvgIpc) is 3.07. The van der Waals surface area contributed by atoms with E-state index in [-0.39, 0.29) is 30.2 Å². The van der Waals surface area contributed by atoms with Gasteiger partial charge >= 0.3 is 12.1 Å². The SMILES string of the molecule is COC(=O)NNC(=O)CCC(C)=CCc1c(O)c2c(c(C)c1OC)COC2=O. The molecule has 0 fully saturated rings. The highest BCUT2D eigenvalue weighted by Gasteiger charge is 2.31. The number of hydrogen-bond acceptors (Lipinski definition) is 7. The van der Waals surface area contributed by atoms with Crippen molar-refractivity contribution in [1.29, 1.82) is 0 Å². The van der Waals surface area contributed by atoms with Gasteiger partial charge in [0.05, 0.1) is 14.2 Å². The number of phenols is 1. The Morgan fingerprint density at radius 1 is 1.25 bits per heavy atom. The van der Waals surface area contributed by atoms with Crippen molar-refractivity contribution in [3.63, 3.8) is 0 Å². The van der Waals surface area contributed by atoms with Crippen molar-refractivity contribution in [2.45, 2.75) is 39.7 Å². The number of cyclic esters (lactones) is 1. The van der Waals surface area contributed by atoms with Crippen LogP contribution >= 0.6 is 0 Å². The van der Waals surface area contributed by atoms with E-state index in [1.54, 1.807) is 0 Å². The second kappa shape index (κ2) is 9.12. The zero-order chi connectivity index (χ0) is 20.8. The molecule has 0 radical (unpaired) electrons. The minimum Gasteiger partial charge on any atom is -0.507 e. The molecular formula is C19H24N2O7. The Morgan fingerprint density at radius 2 is 1.96 bits per heavy atom. The van der Waals surface area contributed by atoms with Crippen LogP contribution in [0.15, 0.2) is 11.6 Å². The fraction of sp³-hybridized carbons (Fsp3) is 0.421. The molecule has 2 rings (SSSR count). The summed E-state index contributed by atoms with van der Waals surface area (Å²) in [5.41, 5.74) is 7.30. The van der Waals surface area contributed by atoms with Gasteiger partial charge in [0.25, 0.3) is 0 Å². The Bertz CT molecular complexity index is 830. The highest BCUT2D eigenvalue weighted by Crippen LogP contribution is 2.42. The number of esters is 1. The zero-order valence-corrected chi connectivity index (χ0v) is 16.3. The van der Waals surface area contributed by atoms with Gasteiger partial charge in [-0.05, 0) is 32.3 Å². The van der Waals surface area contributed by atoms with E-state index < -0.39 is 12.1 Å². The van der Waals surface area contributed by atoms with Crippen LogP contribution in [0.3, 0.4) is 0 Å². The summed E-state index contributed by atoms with van der Waals surface area (Å²) in [7, 11) is 2.70. The fourth-order valence-corrected chi connectivity index (χ4v) is 2.95. The summed E-state index contributed by atoms with van der Waals surface area (Å²) in [6, 6.07) is 0. The van der Waals surface area contributed by atoms with Crippen LogP contribution < -0.4 is 15.6 Å². The Balaban J connectivity index is 2.08. The van der Waals surface area contributed by atoms with Crippen molar-refractivity contribution in [2.24, 2.45) is 0 Å². The number of rotatable bonds is 6. The minimum absolute atomic E-state index is 0.119. The van der Waals surface area contributed by atoms with Crippen LogP contribution in [0.4, 0.5) is 4.79 Å². The number of phenolic OH excluding ortho intramolecular Hbond substituents is 1. The first-order valence-corrected chi connectivity index (χ1v) is 8.66. The number of allylic oxidation sites excluding steroid dienone is 2. The Hall–Kier alpha value is -3.23. The fourth-order valence-electron chi connectivity index (χ4n) is 2.95. The molecule has 1 aliphatic heterocycles. The first kappa shape index (κ1) is 21.1. The summed E-state index contributed by atoms with van der Waals surface area (Å²) in [5.74, 6) is -0.535. The van der Waals surface area contributed by atoms with Crippen LogP contribution in [0.25, 0.3) is 0 Å². The molecule has 28 heavy (non-hydrogen) atoms. The third kappa shape index (κ3) is 4.54. The second-order valence-electron chi connectivity index (χ2n) is 6.33. The number of carbonyl (C=O) groups is 3. The third-order valence-corrected chi connectivity index (χ3v) is 4.54. The van der Waals surface area contributed by atoms with Gasteiger partial charge in [-0.25, -0.2) is 15.0 Å². The maximum Gasteiger partial charge on any atom is 0.425 e. The zero-order valence-electron chi connectivity index (χ0n) is 16.3. The van der Waals surface area contributed by atoms with Gasteiger partial charge in [0, 0.05) is 17.5 Å². The first-order chi connectivity index (χ1) is 13.3. The van der Waals surface area contributed by atoms with E-state index in [2.05, 4.69) is 15.6 Å². The number of benzene rings is 1. The molecule has 0 unspecified atom stereocenters. The van der Waals surface area contributed by atoms with E-state index in [1.165, 1.54) is 14.2 Å². The molecule has 1 heterocycles. The molecule has 1 aromatic rings. The quantitative estimate of drug-likeness (QED) is 0.384. The van der Waals surface area contributed by atoms with E-state index in [0.717, 1.165) is 11.1 Å². The minimum atomic E-state index is -0.756. The third-order valence-electron chi connectivity index (χ3n) is 4.54. The van der Waals surface area contributed by atoms with Crippen molar-refractivity contribution in [3.8, 4) is 11.5 Å². The molecule has 9 heteroatoms. The molecule has 152 valence electrons. The van der Waals surface area contributed by atoms with E-state index >= 15 is 0 Å². The molecule has 0 atom stereocenters. The molecule has 3 N–H and O–H groups in total. The molecule has 1 aliphatic rings.